The highest BCUT2D eigenvalue weighted by Gasteiger charge is 2.41. The molecule has 4 rings (SSSR count). The number of rotatable bonds is 6. The van der Waals surface area contributed by atoms with Crippen molar-refractivity contribution in [3.05, 3.63) is 99.3 Å². The Kier molecular flexibility index (Phi) is 6.45. The summed E-state index contributed by atoms with van der Waals surface area (Å²) in [5.41, 5.74) is 4.54. The van der Waals surface area contributed by atoms with E-state index in [9.17, 15) is 5.11 Å². The molecule has 3 aromatic rings. The van der Waals surface area contributed by atoms with Crippen LogP contribution in [0, 0.1) is 12.8 Å². The summed E-state index contributed by atoms with van der Waals surface area (Å²) in [6.07, 6.45) is 1.38. The Labute approximate surface area is 188 Å². The minimum Gasteiger partial charge on any atom is -0.393 e. The average Bonchev–Trinajstić information content (AvgIpc) is 2.69. The van der Waals surface area contributed by atoms with Gasteiger partial charge in [0.2, 0.25) is 0 Å². The summed E-state index contributed by atoms with van der Waals surface area (Å²) in [6, 6.07) is 20.3. The molecule has 5 heteroatoms. The molecule has 1 aliphatic heterocycles. The normalized spacial score (nSPS) is 17.0. The summed E-state index contributed by atoms with van der Waals surface area (Å²) in [5, 5.41) is 12.0. The van der Waals surface area contributed by atoms with E-state index in [1.165, 1.54) is 11.1 Å². The third-order valence-corrected chi connectivity index (χ3v) is 6.61. The molecule has 2 heterocycles. The van der Waals surface area contributed by atoms with Crippen molar-refractivity contribution in [2.24, 2.45) is 5.92 Å². The number of halogens is 2. The van der Waals surface area contributed by atoms with Crippen LogP contribution < -0.4 is 0 Å². The molecule has 2 unspecified atom stereocenters. The summed E-state index contributed by atoms with van der Waals surface area (Å²) in [6.45, 7) is 5.71. The molecular weight excluding hydrogens is 415 g/mol. The molecule has 0 bridgehead atoms. The molecule has 1 saturated heterocycles. The highest BCUT2D eigenvalue weighted by molar-refractivity contribution is 6.30. The van der Waals surface area contributed by atoms with Crippen LogP contribution in [-0.4, -0.2) is 34.2 Å². The molecule has 3 nitrogen and oxygen atoms in total. The number of nitrogens with zero attached hydrogens (tertiary/aromatic N) is 2. The molecule has 1 fully saturated rings. The maximum absolute atomic E-state index is 10.6. The van der Waals surface area contributed by atoms with Crippen molar-refractivity contribution in [1.29, 1.82) is 0 Å². The Morgan fingerprint density at radius 1 is 0.933 bits per heavy atom. The molecule has 2 aromatic carbocycles. The maximum Gasteiger partial charge on any atom is 0.0602 e. The van der Waals surface area contributed by atoms with Crippen LogP contribution in [-0.2, 0) is 0 Å². The zero-order chi connectivity index (χ0) is 21.3. The third kappa shape index (κ3) is 4.40. The summed E-state index contributed by atoms with van der Waals surface area (Å²) in [4.78, 5) is 6.90. The van der Waals surface area contributed by atoms with Crippen molar-refractivity contribution in [2.45, 2.75) is 31.9 Å². The maximum atomic E-state index is 10.6. The molecule has 0 saturated carbocycles. The van der Waals surface area contributed by atoms with Crippen molar-refractivity contribution in [3.8, 4) is 0 Å². The van der Waals surface area contributed by atoms with E-state index in [2.05, 4.69) is 40.2 Å². The standard InChI is InChI=1S/C25H26Cl2N2O/c1-16-23(4-3-13-28-16)24(17(2)30)20-14-29(15-20)25(18-5-9-21(26)10-6-18)19-7-11-22(27)12-8-19/h3-13,17,20,24-25,30H,14-15H2,1-2H3. The van der Waals surface area contributed by atoms with Gasteiger partial charge in [0.25, 0.3) is 0 Å². The van der Waals surface area contributed by atoms with Gasteiger partial charge in [0.15, 0.2) is 0 Å². The average molecular weight is 441 g/mol. The van der Waals surface area contributed by atoms with Gasteiger partial charge in [0.05, 0.1) is 12.1 Å². The Bertz CT molecular complexity index is 937. The number of aromatic nitrogens is 1. The van der Waals surface area contributed by atoms with E-state index in [4.69, 9.17) is 23.2 Å². The SMILES string of the molecule is Cc1ncccc1C(C(C)O)C1CN(C(c2ccc(Cl)cc2)c2ccc(Cl)cc2)C1. The second-order valence-corrected chi connectivity index (χ2v) is 9.04. The van der Waals surface area contributed by atoms with E-state index < -0.39 is 6.10 Å². The molecule has 0 aliphatic carbocycles. The number of aryl methyl sites for hydroxylation is 1. The Morgan fingerprint density at radius 3 is 1.93 bits per heavy atom. The molecular formula is C25H26Cl2N2O. The molecule has 0 spiro atoms. The molecule has 1 aromatic heterocycles. The topological polar surface area (TPSA) is 36.4 Å². The fraction of sp³-hybridized carbons (Fsp3) is 0.320. The van der Waals surface area contributed by atoms with E-state index in [1.807, 2.05) is 50.4 Å². The van der Waals surface area contributed by atoms with Gasteiger partial charge in [-0.1, -0.05) is 53.5 Å². The Balaban J connectivity index is 1.60. The Morgan fingerprint density at radius 2 is 1.47 bits per heavy atom. The van der Waals surface area contributed by atoms with Crippen LogP contribution in [0.25, 0.3) is 0 Å². The van der Waals surface area contributed by atoms with Gasteiger partial charge in [-0.2, -0.15) is 0 Å². The van der Waals surface area contributed by atoms with Crippen molar-refractivity contribution >= 4 is 23.2 Å². The van der Waals surface area contributed by atoms with E-state index in [0.717, 1.165) is 34.4 Å². The lowest BCUT2D eigenvalue weighted by molar-refractivity contribution is 0.0148. The van der Waals surface area contributed by atoms with Gasteiger partial charge < -0.3 is 5.11 Å². The fourth-order valence-corrected chi connectivity index (χ4v) is 4.90. The van der Waals surface area contributed by atoms with Gasteiger partial charge in [-0.25, -0.2) is 0 Å². The lowest BCUT2D eigenvalue weighted by Crippen LogP contribution is -2.52. The molecule has 2 atom stereocenters. The summed E-state index contributed by atoms with van der Waals surface area (Å²) < 4.78 is 0. The predicted molar refractivity (Wildman–Crippen MR) is 123 cm³/mol. The summed E-state index contributed by atoms with van der Waals surface area (Å²) >= 11 is 12.3. The lowest BCUT2D eigenvalue weighted by Gasteiger charge is -2.48. The van der Waals surface area contributed by atoms with Crippen LogP contribution in [0.2, 0.25) is 10.0 Å². The summed E-state index contributed by atoms with van der Waals surface area (Å²) in [7, 11) is 0. The first kappa shape index (κ1) is 21.3. The minimum absolute atomic E-state index is 0.0750. The molecule has 0 amide bonds. The molecule has 1 N–H and O–H groups in total. The van der Waals surface area contributed by atoms with Gasteiger partial charge in [0.1, 0.15) is 0 Å². The predicted octanol–water partition coefficient (Wildman–Crippen LogP) is 5.88. The van der Waals surface area contributed by atoms with Gasteiger partial charge >= 0.3 is 0 Å². The van der Waals surface area contributed by atoms with Crippen molar-refractivity contribution in [3.63, 3.8) is 0 Å². The monoisotopic (exact) mass is 440 g/mol. The highest BCUT2D eigenvalue weighted by atomic mass is 35.5. The number of hydrogen-bond donors (Lipinski definition) is 1. The number of benzene rings is 2. The van der Waals surface area contributed by atoms with Crippen LogP contribution in [0.15, 0.2) is 66.9 Å². The van der Waals surface area contributed by atoms with E-state index in [1.54, 1.807) is 0 Å². The molecule has 1 aliphatic rings. The van der Waals surface area contributed by atoms with Crippen LogP contribution in [0.4, 0.5) is 0 Å². The highest BCUT2D eigenvalue weighted by Crippen LogP contribution is 2.41. The number of aliphatic hydroxyl groups is 1. The second-order valence-electron chi connectivity index (χ2n) is 8.16. The van der Waals surface area contributed by atoms with E-state index in [-0.39, 0.29) is 12.0 Å². The van der Waals surface area contributed by atoms with Crippen molar-refractivity contribution < 1.29 is 5.11 Å². The van der Waals surface area contributed by atoms with Crippen LogP contribution in [0.3, 0.4) is 0 Å². The first-order valence-electron chi connectivity index (χ1n) is 10.3. The fourth-order valence-electron chi connectivity index (χ4n) is 4.65. The number of pyridine rings is 1. The van der Waals surface area contributed by atoms with E-state index >= 15 is 0 Å². The zero-order valence-corrected chi connectivity index (χ0v) is 18.7. The molecule has 0 radical (unpaired) electrons. The second kappa shape index (κ2) is 9.07. The smallest absolute Gasteiger partial charge is 0.0602 e. The summed E-state index contributed by atoms with van der Waals surface area (Å²) in [5.74, 6) is 0.445. The molecule has 156 valence electrons. The number of aliphatic hydroxyl groups excluding tert-OH is 1. The number of hydrogen-bond acceptors (Lipinski definition) is 3. The minimum atomic E-state index is -0.426. The van der Waals surface area contributed by atoms with Crippen LogP contribution in [0.1, 0.15) is 41.3 Å². The lowest BCUT2D eigenvalue weighted by atomic mass is 9.76. The van der Waals surface area contributed by atoms with Crippen molar-refractivity contribution in [2.75, 3.05) is 13.1 Å². The van der Waals surface area contributed by atoms with Gasteiger partial charge in [-0.05, 0) is 66.8 Å². The van der Waals surface area contributed by atoms with Gasteiger partial charge in [0, 0.05) is 40.9 Å². The first-order valence-corrected chi connectivity index (χ1v) is 11.0. The molecule has 30 heavy (non-hydrogen) atoms. The first-order chi connectivity index (χ1) is 14.4. The largest absolute Gasteiger partial charge is 0.393 e. The Hall–Kier alpha value is -1.91. The van der Waals surface area contributed by atoms with Gasteiger partial charge in [-0.15, -0.1) is 0 Å². The van der Waals surface area contributed by atoms with Crippen LogP contribution in [0.5, 0.6) is 0 Å². The van der Waals surface area contributed by atoms with Gasteiger partial charge in [-0.3, -0.25) is 9.88 Å². The quantitative estimate of drug-likeness (QED) is 0.519. The third-order valence-electron chi connectivity index (χ3n) is 6.11. The van der Waals surface area contributed by atoms with E-state index in [0.29, 0.717) is 5.92 Å². The van der Waals surface area contributed by atoms with Crippen LogP contribution >= 0.6 is 23.2 Å². The zero-order valence-electron chi connectivity index (χ0n) is 17.2. The number of likely N-dealkylation sites (tertiary alicyclic amines) is 1. The van der Waals surface area contributed by atoms with Crippen molar-refractivity contribution in [1.82, 2.24) is 9.88 Å².